The molecule has 0 bridgehead atoms. The van der Waals surface area contributed by atoms with Gasteiger partial charge in [-0.1, -0.05) is 24.3 Å². The number of benzene rings is 1. The van der Waals surface area contributed by atoms with Crippen molar-refractivity contribution in [3.05, 3.63) is 71.4 Å². The summed E-state index contributed by atoms with van der Waals surface area (Å²) in [6.07, 6.45) is 5.78. The van der Waals surface area contributed by atoms with Crippen molar-refractivity contribution in [1.29, 1.82) is 0 Å². The van der Waals surface area contributed by atoms with Crippen LogP contribution in [0.3, 0.4) is 0 Å². The van der Waals surface area contributed by atoms with E-state index in [4.69, 9.17) is 4.98 Å². The first-order valence-electron chi connectivity index (χ1n) is 11.6. The minimum atomic E-state index is -0.879. The highest BCUT2D eigenvalue weighted by atomic mass is 32.1. The summed E-state index contributed by atoms with van der Waals surface area (Å²) in [5.41, 5.74) is 4.64. The lowest BCUT2D eigenvalue weighted by molar-refractivity contribution is 0.137. The van der Waals surface area contributed by atoms with Gasteiger partial charge in [0.1, 0.15) is 5.82 Å². The van der Waals surface area contributed by atoms with Crippen molar-refractivity contribution in [2.75, 3.05) is 24.5 Å². The molecule has 4 aromatic rings. The van der Waals surface area contributed by atoms with Crippen LogP contribution < -0.4 is 4.90 Å². The van der Waals surface area contributed by atoms with Crippen molar-refractivity contribution < 1.29 is 9.90 Å². The molecule has 1 aliphatic heterocycles. The van der Waals surface area contributed by atoms with Crippen LogP contribution in [0.5, 0.6) is 0 Å². The lowest BCUT2D eigenvalue weighted by Gasteiger charge is -2.33. The van der Waals surface area contributed by atoms with Crippen LogP contribution in [0, 0.1) is 5.92 Å². The SMILES string of the molecule is O=C(O)N(CCC1CCN(c2cccc(-c3cccc4cnccc34)n2)CC1)Cc1cscn1. The number of pyridine rings is 2. The van der Waals surface area contributed by atoms with E-state index in [9.17, 15) is 9.90 Å². The predicted molar refractivity (Wildman–Crippen MR) is 135 cm³/mol. The Labute approximate surface area is 202 Å². The third-order valence-electron chi connectivity index (χ3n) is 6.54. The minimum absolute atomic E-state index is 0.360. The highest BCUT2D eigenvalue weighted by molar-refractivity contribution is 7.07. The van der Waals surface area contributed by atoms with Crippen molar-refractivity contribution in [1.82, 2.24) is 19.9 Å². The van der Waals surface area contributed by atoms with Crippen molar-refractivity contribution in [2.45, 2.75) is 25.8 Å². The Kier molecular flexibility index (Phi) is 6.67. The van der Waals surface area contributed by atoms with Crippen LogP contribution in [0.4, 0.5) is 10.6 Å². The molecular weight excluding hydrogens is 446 g/mol. The van der Waals surface area contributed by atoms with E-state index in [1.807, 2.05) is 29.9 Å². The van der Waals surface area contributed by atoms with E-state index in [0.717, 1.165) is 65.9 Å². The molecule has 0 atom stereocenters. The molecule has 4 heterocycles. The number of nitrogens with zero attached hydrogens (tertiary/aromatic N) is 5. The molecule has 34 heavy (non-hydrogen) atoms. The predicted octanol–water partition coefficient (Wildman–Crippen LogP) is 5.54. The summed E-state index contributed by atoms with van der Waals surface area (Å²) in [5.74, 6) is 1.51. The van der Waals surface area contributed by atoms with Gasteiger partial charge in [0.2, 0.25) is 0 Å². The number of carbonyl (C=O) groups is 1. The molecule has 174 valence electrons. The average molecular weight is 474 g/mol. The lowest BCUT2D eigenvalue weighted by atomic mass is 9.93. The Bertz CT molecular complexity index is 1250. The van der Waals surface area contributed by atoms with Crippen molar-refractivity contribution in [2.24, 2.45) is 5.92 Å². The van der Waals surface area contributed by atoms with Gasteiger partial charge in [-0.2, -0.15) is 0 Å². The molecule has 0 radical (unpaired) electrons. The lowest BCUT2D eigenvalue weighted by Crippen LogP contribution is -2.36. The normalized spacial score (nSPS) is 14.4. The second-order valence-electron chi connectivity index (χ2n) is 8.69. The molecule has 0 unspecified atom stereocenters. The monoisotopic (exact) mass is 473 g/mol. The van der Waals surface area contributed by atoms with Gasteiger partial charge < -0.3 is 14.9 Å². The van der Waals surface area contributed by atoms with Gasteiger partial charge in [-0.05, 0) is 48.8 Å². The van der Waals surface area contributed by atoms with Gasteiger partial charge >= 0.3 is 6.09 Å². The topological polar surface area (TPSA) is 82.5 Å². The first kappa shape index (κ1) is 22.3. The van der Waals surface area contributed by atoms with E-state index < -0.39 is 6.09 Å². The van der Waals surface area contributed by atoms with Gasteiger partial charge in [-0.15, -0.1) is 11.3 Å². The second kappa shape index (κ2) is 10.2. The Morgan fingerprint density at radius 3 is 2.79 bits per heavy atom. The number of carboxylic acid groups (broad SMARTS) is 1. The molecule has 8 heteroatoms. The van der Waals surface area contributed by atoms with Gasteiger partial charge in [0.05, 0.1) is 23.4 Å². The van der Waals surface area contributed by atoms with Gasteiger partial charge in [0.25, 0.3) is 0 Å². The van der Waals surface area contributed by atoms with Crippen LogP contribution in [-0.2, 0) is 6.54 Å². The maximum atomic E-state index is 11.6. The van der Waals surface area contributed by atoms with E-state index in [-0.39, 0.29) is 0 Å². The van der Waals surface area contributed by atoms with E-state index in [1.54, 1.807) is 5.51 Å². The maximum absolute atomic E-state index is 11.6. The molecule has 7 nitrogen and oxygen atoms in total. The molecular formula is C26H27N5O2S. The van der Waals surface area contributed by atoms with Crippen molar-refractivity contribution in [3.63, 3.8) is 0 Å². The summed E-state index contributed by atoms with van der Waals surface area (Å²) >= 11 is 1.49. The number of thiazole rings is 1. The molecule has 0 spiro atoms. The maximum Gasteiger partial charge on any atom is 0.407 e. The van der Waals surface area contributed by atoms with E-state index in [1.165, 1.54) is 16.2 Å². The zero-order valence-electron chi connectivity index (χ0n) is 18.9. The Morgan fingerprint density at radius 1 is 1.15 bits per heavy atom. The summed E-state index contributed by atoms with van der Waals surface area (Å²) in [6.45, 7) is 2.76. The summed E-state index contributed by atoms with van der Waals surface area (Å²) in [6, 6.07) is 14.5. The molecule has 5 rings (SSSR count). The molecule has 1 aromatic carbocycles. The Morgan fingerprint density at radius 2 is 2.00 bits per heavy atom. The van der Waals surface area contributed by atoms with E-state index in [2.05, 4.69) is 45.2 Å². The van der Waals surface area contributed by atoms with Crippen LogP contribution in [0.1, 0.15) is 25.0 Å². The van der Waals surface area contributed by atoms with Crippen LogP contribution in [0.15, 0.2) is 65.7 Å². The van der Waals surface area contributed by atoms with Crippen molar-refractivity contribution >= 4 is 34.0 Å². The highest BCUT2D eigenvalue weighted by Crippen LogP contribution is 2.30. The van der Waals surface area contributed by atoms with E-state index in [0.29, 0.717) is 19.0 Å². The summed E-state index contributed by atoms with van der Waals surface area (Å²) in [5, 5.41) is 13.7. The number of hydrogen-bond donors (Lipinski definition) is 1. The number of aromatic nitrogens is 3. The quantitative estimate of drug-likeness (QED) is 0.379. The van der Waals surface area contributed by atoms with E-state index >= 15 is 0 Å². The summed E-state index contributed by atoms with van der Waals surface area (Å²) < 4.78 is 0. The molecule has 1 amide bonds. The average Bonchev–Trinajstić information content (AvgIpc) is 3.40. The number of fused-ring (bicyclic) bond motifs is 1. The van der Waals surface area contributed by atoms with Gasteiger partial charge in [0, 0.05) is 48.4 Å². The molecule has 1 fully saturated rings. The van der Waals surface area contributed by atoms with Crippen molar-refractivity contribution in [3.8, 4) is 11.3 Å². The zero-order valence-corrected chi connectivity index (χ0v) is 19.7. The molecule has 0 saturated carbocycles. The molecule has 3 aromatic heterocycles. The van der Waals surface area contributed by atoms with Gasteiger partial charge in [0.15, 0.2) is 0 Å². The number of amides is 1. The fraction of sp³-hybridized carbons (Fsp3) is 0.308. The Hall–Kier alpha value is -3.52. The molecule has 1 saturated heterocycles. The standard InChI is InChI=1S/C26H27N5O2S/c32-26(33)31(16-21-17-34-18-28-21)14-10-19-8-12-30(13-9-19)25-6-2-5-24(29-25)23-4-1-3-20-15-27-11-7-22(20)23/h1-7,11,15,17-19H,8-10,12-14,16H2,(H,32,33). The van der Waals surface area contributed by atoms with Gasteiger partial charge in [-0.25, -0.2) is 14.8 Å². The zero-order chi connectivity index (χ0) is 23.3. The Balaban J connectivity index is 1.21. The van der Waals surface area contributed by atoms with Crippen LogP contribution in [0.2, 0.25) is 0 Å². The summed E-state index contributed by atoms with van der Waals surface area (Å²) in [7, 11) is 0. The van der Waals surface area contributed by atoms with Crippen LogP contribution >= 0.6 is 11.3 Å². The third kappa shape index (κ3) is 5.02. The number of rotatable bonds is 7. The first-order valence-corrected chi connectivity index (χ1v) is 12.5. The number of piperidine rings is 1. The second-order valence-corrected chi connectivity index (χ2v) is 9.41. The largest absolute Gasteiger partial charge is 0.465 e. The van der Waals surface area contributed by atoms with Gasteiger partial charge in [-0.3, -0.25) is 4.98 Å². The summed E-state index contributed by atoms with van der Waals surface area (Å²) in [4.78, 5) is 28.9. The van der Waals surface area contributed by atoms with Crippen LogP contribution in [-0.4, -0.2) is 50.7 Å². The number of hydrogen-bond acceptors (Lipinski definition) is 6. The molecule has 0 aliphatic carbocycles. The fourth-order valence-corrected chi connectivity index (χ4v) is 5.19. The number of anilines is 1. The third-order valence-corrected chi connectivity index (χ3v) is 7.18. The highest BCUT2D eigenvalue weighted by Gasteiger charge is 2.22. The fourth-order valence-electron chi connectivity index (χ4n) is 4.64. The molecule has 1 aliphatic rings. The smallest absolute Gasteiger partial charge is 0.407 e. The minimum Gasteiger partial charge on any atom is -0.465 e. The van der Waals surface area contributed by atoms with Crippen LogP contribution in [0.25, 0.3) is 22.0 Å². The molecule has 1 N–H and O–H groups in total. The first-order chi connectivity index (χ1) is 16.7.